The van der Waals surface area contributed by atoms with Gasteiger partial charge in [0.05, 0.1) is 0 Å². The van der Waals surface area contributed by atoms with Gasteiger partial charge < -0.3 is 5.73 Å². The molecular formula is C7H7ClN4. The van der Waals surface area contributed by atoms with E-state index in [-0.39, 0.29) is 5.28 Å². The number of nitrogens with zero attached hydrogens (tertiary/aromatic N) is 3. The van der Waals surface area contributed by atoms with Gasteiger partial charge in [0, 0.05) is 12.7 Å². The maximum Gasteiger partial charge on any atom is 0.243 e. The van der Waals surface area contributed by atoms with E-state index >= 15 is 0 Å². The molecule has 0 saturated heterocycles. The van der Waals surface area contributed by atoms with Crippen molar-refractivity contribution in [3.63, 3.8) is 0 Å². The van der Waals surface area contributed by atoms with Crippen molar-refractivity contribution < 1.29 is 0 Å². The summed E-state index contributed by atoms with van der Waals surface area (Å²) >= 11 is 5.60. The maximum atomic E-state index is 5.60. The van der Waals surface area contributed by atoms with Gasteiger partial charge in [-0.1, -0.05) is 0 Å². The molecule has 0 aromatic carbocycles. The lowest BCUT2D eigenvalue weighted by Gasteiger charge is -1.94. The van der Waals surface area contributed by atoms with Crippen molar-refractivity contribution in [3.05, 3.63) is 29.2 Å². The molecule has 2 heterocycles. The SMILES string of the molecule is NCc1ccn2nc(Cl)nc2c1. The van der Waals surface area contributed by atoms with Gasteiger partial charge in [-0.15, -0.1) is 5.10 Å². The molecule has 12 heavy (non-hydrogen) atoms. The highest BCUT2D eigenvalue weighted by atomic mass is 35.5. The quantitative estimate of drug-likeness (QED) is 0.711. The molecule has 0 aliphatic heterocycles. The number of rotatable bonds is 1. The number of fused-ring (bicyclic) bond motifs is 1. The second kappa shape index (κ2) is 2.73. The summed E-state index contributed by atoms with van der Waals surface area (Å²) in [6.45, 7) is 0.501. The fourth-order valence-corrected chi connectivity index (χ4v) is 1.19. The van der Waals surface area contributed by atoms with Crippen LogP contribution in [0.4, 0.5) is 0 Å². The van der Waals surface area contributed by atoms with Crippen LogP contribution in [0.3, 0.4) is 0 Å². The van der Waals surface area contributed by atoms with E-state index in [1.54, 1.807) is 10.7 Å². The van der Waals surface area contributed by atoms with Gasteiger partial charge in [-0.25, -0.2) is 4.52 Å². The van der Waals surface area contributed by atoms with Crippen LogP contribution in [0.15, 0.2) is 18.3 Å². The van der Waals surface area contributed by atoms with Gasteiger partial charge in [0.25, 0.3) is 0 Å². The van der Waals surface area contributed by atoms with Crippen LogP contribution in [0.5, 0.6) is 0 Å². The van der Waals surface area contributed by atoms with E-state index < -0.39 is 0 Å². The van der Waals surface area contributed by atoms with Crippen LogP contribution in [0.25, 0.3) is 5.65 Å². The first-order chi connectivity index (χ1) is 5.79. The number of hydrogen-bond acceptors (Lipinski definition) is 3. The second-order valence-electron chi connectivity index (χ2n) is 2.42. The Balaban J connectivity index is 2.66. The van der Waals surface area contributed by atoms with E-state index in [1.165, 1.54) is 0 Å². The van der Waals surface area contributed by atoms with E-state index in [0.717, 1.165) is 11.2 Å². The fourth-order valence-electron chi connectivity index (χ4n) is 1.02. The molecule has 0 aliphatic carbocycles. The van der Waals surface area contributed by atoms with Crippen molar-refractivity contribution in [2.45, 2.75) is 6.54 Å². The van der Waals surface area contributed by atoms with Gasteiger partial charge in [-0.3, -0.25) is 0 Å². The molecule has 0 fully saturated rings. The first kappa shape index (κ1) is 7.52. The van der Waals surface area contributed by atoms with E-state index in [1.807, 2.05) is 12.1 Å². The maximum absolute atomic E-state index is 5.60. The van der Waals surface area contributed by atoms with Gasteiger partial charge >= 0.3 is 0 Å². The third-order valence-electron chi connectivity index (χ3n) is 1.61. The van der Waals surface area contributed by atoms with Gasteiger partial charge in [-0.2, -0.15) is 4.98 Å². The number of halogens is 1. The molecule has 0 amide bonds. The predicted molar refractivity (Wildman–Crippen MR) is 45.9 cm³/mol. The zero-order valence-electron chi connectivity index (χ0n) is 6.24. The Hall–Kier alpha value is -1.13. The van der Waals surface area contributed by atoms with Crippen molar-refractivity contribution in [2.75, 3.05) is 0 Å². The molecule has 2 rings (SSSR count). The Morgan fingerprint density at radius 2 is 2.42 bits per heavy atom. The minimum absolute atomic E-state index is 0.254. The minimum atomic E-state index is 0.254. The predicted octanol–water partition coefficient (Wildman–Crippen LogP) is 0.841. The van der Waals surface area contributed by atoms with E-state index in [2.05, 4.69) is 10.1 Å². The van der Waals surface area contributed by atoms with Gasteiger partial charge in [0.2, 0.25) is 5.28 Å². The zero-order chi connectivity index (χ0) is 8.55. The summed E-state index contributed by atoms with van der Waals surface area (Å²) in [5, 5.41) is 4.17. The highest BCUT2D eigenvalue weighted by molar-refractivity contribution is 6.28. The topological polar surface area (TPSA) is 56.2 Å². The first-order valence-corrected chi connectivity index (χ1v) is 3.88. The highest BCUT2D eigenvalue weighted by Gasteiger charge is 1.99. The van der Waals surface area contributed by atoms with Crippen LogP contribution >= 0.6 is 11.6 Å². The molecule has 2 aromatic heterocycles. The summed E-state index contributed by atoms with van der Waals surface area (Å²) < 4.78 is 1.61. The molecule has 0 radical (unpaired) electrons. The summed E-state index contributed by atoms with van der Waals surface area (Å²) in [7, 11) is 0. The molecule has 4 nitrogen and oxygen atoms in total. The Morgan fingerprint density at radius 1 is 1.58 bits per heavy atom. The molecule has 0 unspecified atom stereocenters. The minimum Gasteiger partial charge on any atom is -0.326 e. The van der Waals surface area contributed by atoms with Crippen molar-refractivity contribution in [2.24, 2.45) is 5.73 Å². The second-order valence-corrected chi connectivity index (χ2v) is 2.76. The number of pyridine rings is 1. The van der Waals surface area contributed by atoms with Gasteiger partial charge in [0.15, 0.2) is 5.65 Å². The van der Waals surface area contributed by atoms with Crippen molar-refractivity contribution in [1.82, 2.24) is 14.6 Å². The molecule has 2 N–H and O–H groups in total. The Labute approximate surface area is 74.0 Å². The lowest BCUT2D eigenvalue weighted by atomic mass is 10.3. The van der Waals surface area contributed by atoms with Gasteiger partial charge in [-0.05, 0) is 29.3 Å². The van der Waals surface area contributed by atoms with E-state index in [0.29, 0.717) is 6.54 Å². The van der Waals surface area contributed by atoms with Crippen LogP contribution < -0.4 is 5.73 Å². The van der Waals surface area contributed by atoms with Gasteiger partial charge in [0.1, 0.15) is 0 Å². The number of aromatic nitrogens is 3. The third kappa shape index (κ3) is 1.15. The molecule has 0 bridgehead atoms. The lowest BCUT2D eigenvalue weighted by molar-refractivity contribution is 0.947. The third-order valence-corrected chi connectivity index (χ3v) is 1.77. The molecule has 0 spiro atoms. The summed E-state index contributed by atoms with van der Waals surface area (Å²) in [4.78, 5) is 3.98. The smallest absolute Gasteiger partial charge is 0.243 e. The van der Waals surface area contributed by atoms with Crippen molar-refractivity contribution >= 4 is 17.2 Å². The zero-order valence-corrected chi connectivity index (χ0v) is 6.99. The highest BCUT2D eigenvalue weighted by Crippen LogP contribution is 2.07. The summed E-state index contributed by atoms with van der Waals surface area (Å²) in [6, 6.07) is 3.75. The lowest BCUT2D eigenvalue weighted by Crippen LogP contribution is -1.97. The van der Waals surface area contributed by atoms with Crippen molar-refractivity contribution in [1.29, 1.82) is 0 Å². The number of hydrogen-bond donors (Lipinski definition) is 1. The van der Waals surface area contributed by atoms with Crippen LogP contribution in [0.1, 0.15) is 5.56 Å². The Morgan fingerprint density at radius 3 is 3.17 bits per heavy atom. The number of nitrogens with two attached hydrogens (primary N) is 1. The monoisotopic (exact) mass is 182 g/mol. The molecule has 0 aliphatic rings. The van der Waals surface area contributed by atoms with Crippen LogP contribution in [-0.4, -0.2) is 14.6 Å². The molecule has 2 aromatic rings. The standard InChI is InChI=1S/C7H7ClN4/c8-7-10-6-3-5(4-9)1-2-12(6)11-7/h1-3H,4,9H2. The average molecular weight is 183 g/mol. The molecule has 5 heteroatoms. The molecular weight excluding hydrogens is 176 g/mol. The summed E-state index contributed by atoms with van der Waals surface area (Å²) in [5.74, 6) is 0. The van der Waals surface area contributed by atoms with E-state index in [9.17, 15) is 0 Å². The van der Waals surface area contributed by atoms with Crippen LogP contribution in [0.2, 0.25) is 5.28 Å². The summed E-state index contributed by atoms with van der Waals surface area (Å²) in [6.07, 6.45) is 1.79. The Bertz CT molecular complexity index is 409. The van der Waals surface area contributed by atoms with E-state index in [4.69, 9.17) is 17.3 Å². The molecule has 0 saturated carbocycles. The largest absolute Gasteiger partial charge is 0.326 e. The van der Waals surface area contributed by atoms with Crippen LogP contribution in [0, 0.1) is 0 Å². The van der Waals surface area contributed by atoms with Crippen molar-refractivity contribution in [3.8, 4) is 0 Å². The molecule has 0 atom stereocenters. The average Bonchev–Trinajstić information content (AvgIpc) is 2.43. The normalized spacial score (nSPS) is 10.8. The molecule has 62 valence electrons. The summed E-state index contributed by atoms with van der Waals surface area (Å²) in [5.41, 5.74) is 7.20. The Kier molecular flexibility index (Phi) is 1.71. The fraction of sp³-hybridized carbons (Fsp3) is 0.143. The van der Waals surface area contributed by atoms with Crippen LogP contribution in [-0.2, 0) is 6.54 Å². The first-order valence-electron chi connectivity index (χ1n) is 3.50.